The van der Waals surface area contributed by atoms with Crippen LogP contribution in [-0.4, -0.2) is 78.1 Å². The summed E-state index contributed by atoms with van der Waals surface area (Å²) in [6.45, 7) is 1.53. The number of rotatable bonds is 5. The van der Waals surface area contributed by atoms with Gasteiger partial charge in [-0.3, -0.25) is 0 Å². The second-order valence-corrected chi connectivity index (χ2v) is 7.40. The summed E-state index contributed by atoms with van der Waals surface area (Å²) >= 11 is 1.29. The number of aliphatic hydroxyl groups is 3. The van der Waals surface area contributed by atoms with Gasteiger partial charge >= 0.3 is 0 Å². The van der Waals surface area contributed by atoms with E-state index in [1.54, 1.807) is 6.92 Å². The summed E-state index contributed by atoms with van der Waals surface area (Å²) in [7, 11) is 11.3. The Kier molecular flexibility index (Phi) is 5.48. The summed E-state index contributed by atoms with van der Waals surface area (Å²) in [5, 5.41) is 29.5. The van der Waals surface area contributed by atoms with Gasteiger partial charge in [-0.25, -0.2) is 0 Å². The van der Waals surface area contributed by atoms with Gasteiger partial charge in [0, 0.05) is 23.7 Å². The van der Waals surface area contributed by atoms with Gasteiger partial charge in [0.2, 0.25) is 0 Å². The van der Waals surface area contributed by atoms with E-state index < -0.39 is 29.1 Å². The van der Waals surface area contributed by atoms with Crippen LogP contribution in [0.1, 0.15) is 26.2 Å². The van der Waals surface area contributed by atoms with E-state index in [1.807, 2.05) is 0 Å². The highest BCUT2D eigenvalue weighted by Crippen LogP contribution is 2.40. The van der Waals surface area contributed by atoms with Crippen molar-refractivity contribution in [3.05, 3.63) is 0 Å². The highest BCUT2D eigenvalue weighted by molar-refractivity contribution is 8.01. The summed E-state index contributed by atoms with van der Waals surface area (Å²) in [4.78, 5) is -1.11. The van der Waals surface area contributed by atoms with E-state index in [1.165, 1.54) is 11.8 Å². The molecule has 2 aliphatic rings. The molecule has 5 nitrogen and oxygen atoms in total. The number of aliphatic hydroxyl groups excluding tert-OH is 2. The molecule has 0 aromatic heterocycles. The van der Waals surface area contributed by atoms with E-state index in [9.17, 15) is 15.3 Å². The van der Waals surface area contributed by atoms with E-state index in [-0.39, 0.29) is 24.4 Å². The van der Waals surface area contributed by atoms with Gasteiger partial charge in [-0.2, -0.15) is 0 Å². The second kappa shape index (κ2) is 6.58. The molecule has 4 radical (unpaired) electrons. The molecular weight excluding hydrogens is 278 g/mol. The second-order valence-electron chi connectivity index (χ2n) is 5.68. The number of thioether (sulfide) groups is 1. The molecule has 0 bridgehead atoms. The molecule has 2 saturated heterocycles. The lowest BCUT2D eigenvalue weighted by Gasteiger charge is -2.30. The minimum atomic E-state index is -1.11. The van der Waals surface area contributed by atoms with Crippen LogP contribution in [0, 0.1) is 0 Å². The average molecular weight is 298 g/mol. The maximum atomic E-state index is 10.5. The lowest BCUT2D eigenvalue weighted by atomic mass is 9.95. The molecule has 2 aliphatic heterocycles. The Balaban J connectivity index is 1.90. The minimum absolute atomic E-state index is 0.0859. The van der Waals surface area contributed by atoms with Crippen molar-refractivity contribution in [1.82, 2.24) is 0 Å². The first-order chi connectivity index (χ1) is 9.30. The van der Waals surface area contributed by atoms with Crippen LogP contribution >= 0.6 is 11.8 Å². The van der Waals surface area contributed by atoms with Crippen LogP contribution < -0.4 is 0 Å². The van der Waals surface area contributed by atoms with Gasteiger partial charge < -0.3 is 24.8 Å². The molecule has 0 amide bonds. The normalized spacial score (nSPS) is 44.6. The van der Waals surface area contributed by atoms with Gasteiger partial charge in [-0.05, 0) is 19.8 Å². The molecule has 2 rings (SSSR count). The molecule has 3 N–H and O–H groups in total. The van der Waals surface area contributed by atoms with Crippen molar-refractivity contribution in [3.8, 4) is 0 Å². The zero-order valence-corrected chi connectivity index (χ0v) is 12.3. The number of hydrogen-bond acceptors (Lipinski definition) is 6. The van der Waals surface area contributed by atoms with Gasteiger partial charge in [0.05, 0.1) is 24.9 Å². The van der Waals surface area contributed by atoms with Crippen LogP contribution in [0.3, 0.4) is 0 Å². The third-order valence-electron chi connectivity index (χ3n) is 3.65. The third kappa shape index (κ3) is 4.15. The van der Waals surface area contributed by atoms with E-state index >= 15 is 0 Å². The fraction of sp³-hybridized carbons (Fsp3) is 1.00. The first kappa shape index (κ1) is 16.6. The van der Waals surface area contributed by atoms with Crippen LogP contribution in [0.25, 0.3) is 0 Å². The van der Waals surface area contributed by atoms with Crippen molar-refractivity contribution < 1.29 is 24.8 Å². The van der Waals surface area contributed by atoms with E-state index in [4.69, 9.17) is 25.2 Å². The monoisotopic (exact) mass is 298 g/mol. The maximum Gasteiger partial charge on any atom is 0.110 e. The Morgan fingerprint density at radius 3 is 2.35 bits per heavy atom. The molecule has 0 spiro atoms. The standard InChI is InChI=1S/C12H20B2O5S/c1-12(17,4-7-6(16)2-10(13)18-7)20-9-3-11(14)19-8(9)5-15/h6-11,15-17H,2-5H2,1H3/t6?,7-,8-,9?,10-,11-,12?/m1/s1. The molecule has 2 heterocycles. The summed E-state index contributed by atoms with van der Waals surface area (Å²) in [5.41, 5.74) is 0. The third-order valence-corrected chi connectivity index (χ3v) is 5.12. The Labute approximate surface area is 126 Å². The topological polar surface area (TPSA) is 79.2 Å². The lowest BCUT2D eigenvalue weighted by molar-refractivity contribution is -0.00824. The summed E-state index contributed by atoms with van der Waals surface area (Å²) in [6, 6.07) is -0.897. The van der Waals surface area contributed by atoms with Gasteiger partial charge in [-0.15, -0.1) is 11.8 Å². The fourth-order valence-electron chi connectivity index (χ4n) is 2.73. The molecule has 7 atom stereocenters. The van der Waals surface area contributed by atoms with Crippen molar-refractivity contribution in [2.24, 2.45) is 0 Å². The summed E-state index contributed by atoms with van der Waals surface area (Å²) in [5.74, 6) is 0. The molecule has 0 aromatic carbocycles. The highest BCUT2D eigenvalue weighted by Gasteiger charge is 2.41. The van der Waals surface area contributed by atoms with Gasteiger partial charge in [0.25, 0.3) is 0 Å². The predicted molar refractivity (Wildman–Crippen MR) is 77.8 cm³/mol. The predicted octanol–water partition coefficient (Wildman–Crippen LogP) is -0.893. The van der Waals surface area contributed by atoms with Crippen LogP contribution in [0.15, 0.2) is 0 Å². The SMILES string of the molecule is [B][C@H]1CC(O)[C@@H](CC(C)(O)SC2C[C@H]([B])O[C@@H]2CO)O1. The van der Waals surface area contributed by atoms with Gasteiger partial charge in [0.1, 0.15) is 20.6 Å². The zero-order valence-electron chi connectivity index (χ0n) is 11.5. The summed E-state index contributed by atoms with van der Waals surface area (Å²) < 4.78 is 10.8. The number of hydrogen-bond donors (Lipinski definition) is 3. The lowest BCUT2D eigenvalue weighted by Crippen LogP contribution is -2.35. The molecule has 20 heavy (non-hydrogen) atoms. The van der Waals surface area contributed by atoms with Crippen molar-refractivity contribution >= 4 is 27.5 Å². The Hall–Kier alpha value is 0.280. The number of ether oxygens (including phenoxy) is 2. The largest absolute Gasteiger partial charge is 0.394 e. The van der Waals surface area contributed by atoms with Crippen LogP contribution in [0.5, 0.6) is 0 Å². The van der Waals surface area contributed by atoms with Gasteiger partial charge in [0.15, 0.2) is 0 Å². The van der Waals surface area contributed by atoms with Crippen LogP contribution in [0.2, 0.25) is 0 Å². The van der Waals surface area contributed by atoms with E-state index in [2.05, 4.69) is 0 Å². The highest BCUT2D eigenvalue weighted by atomic mass is 32.2. The molecule has 0 aliphatic carbocycles. The van der Waals surface area contributed by atoms with Crippen molar-refractivity contribution in [3.63, 3.8) is 0 Å². The average Bonchev–Trinajstić information content (AvgIpc) is 2.81. The van der Waals surface area contributed by atoms with E-state index in [0.29, 0.717) is 12.8 Å². The van der Waals surface area contributed by atoms with Gasteiger partial charge in [-0.1, -0.05) is 0 Å². The Morgan fingerprint density at radius 2 is 1.80 bits per heavy atom. The molecule has 110 valence electrons. The van der Waals surface area contributed by atoms with Crippen molar-refractivity contribution in [2.75, 3.05) is 6.61 Å². The van der Waals surface area contributed by atoms with Crippen LogP contribution in [-0.2, 0) is 9.47 Å². The molecule has 0 aromatic rings. The molecule has 8 heteroatoms. The van der Waals surface area contributed by atoms with Crippen molar-refractivity contribution in [1.29, 1.82) is 0 Å². The zero-order chi connectivity index (χ0) is 14.9. The fourth-order valence-corrected chi connectivity index (χ4v) is 4.23. The quantitative estimate of drug-likeness (QED) is 0.451. The van der Waals surface area contributed by atoms with Crippen LogP contribution in [0.4, 0.5) is 0 Å². The van der Waals surface area contributed by atoms with Crippen molar-refractivity contribution in [2.45, 2.75) is 66.7 Å². The first-order valence-electron chi connectivity index (χ1n) is 6.82. The molecule has 3 unspecified atom stereocenters. The Bertz CT molecular complexity index is 333. The van der Waals surface area contributed by atoms with E-state index in [0.717, 1.165) is 0 Å². The maximum absolute atomic E-state index is 10.5. The smallest absolute Gasteiger partial charge is 0.110 e. The first-order valence-corrected chi connectivity index (χ1v) is 7.70. The Morgan fingerprint density at radius 1 is 1.20 bits per heavy atom. The minimum Gasteiger partial charge on any atom is -0.394 e. The molecular formula is C12H20B2O5S. The molecule has 2 fully saturated rings. The molecule has 0 saturated carbocycles. The summed E-state index contributed by atoms with van der Waals surface area (Å²) in [6.07, 6.45) is -0.306.